The summed E-state index contributed by atoms with van der Waals surface area (Å²) in [4.78, 5) is 19.4. The number of amides is 1. The number of ether oxygens (including phenoxy) is 1. The number of hydrogen-bond donors (Lipinski definition) is 1. The van der Waals surface area contributed by atoms with E-state index in [4.69, 9.17) is 9.57 Å². The molecule has 1 heterocycles. The Morgan fingerprint density at radius 2 is 2.05 bits per heavy atom. The van der Waals surface area contributed by atoms with E-state index in [0.717, 1.165) is 25.8 Å². The monoisotopic (exact) mass is 286 g/mol. The van der Waals surface area contributed by atoms with Crippen molar-refractivity contribution in [3.05, 3.63) is 0 Å². The first-order chi connectivity index (χ1) is 9.29. The molecule has 0 radical (unpaired) electrons. The van der Waals surface area contributed by atoms with Gasteiger partial charge in [-0.2, -0.15) is 0 Å². The third-order valence-electron chi connectivity index (χ3n) is 3.09. The molecule has 0 saturated carbocycles. The van der Waals surface area contributed by atoms with E-state index in [9.17, 15) is 4.79 Å². The molecule has 5 heteroatoms. The second kappa shape index (κ2) is 7.84. The van der Waals surface area contributed by atoms with Gasteiger partial charge in [-0.25, -0.2) is 10.3 Å². The number of rotatable bonds is 5. The quantitative estimate of drug-likeness (QED) is 0.623. The first kappa shape index (κ1) is 17.2. The van der Waals surface area contributed by atoms with Crippen molar-refractivity contribution in [1.29, 1.82) is 0 Å². The van der Waals surface area contributed by atoms with Crippen LogP contribution in [0.2, 0.25) is 0 Å². The number of carbonyl (C=O) groups is 1. The Morgan fingerprint density at radius 1 is 1.35 bits per heavy atom. The van der Waals surface area contributed by atoms with Crippen molar-refractivity contribution in [2.24, 2.45) is 5.92 Å². The Kier molecular flexibility index (Phi) is 6.76. The van der Waals surface area contributed by atoms with E-state index in [1.807, 2.05) is 25.7 Å². The maximum Gasteiger partial charge on any atom is 0.410 e. The lowest BCUT2D eigenvalue weighted by Crippen LogP contribution is -2.50. The fourth-order valence-electron chi connectivity index (χ4n) is 2.15. The molecule has 0 spiro atoms. The SMILES string of the molecule is CC(C)CONCC1CCCCN1C(=O)OC(C)(C)C. The van der Waals surface area contributed by atoms with Gasteiger partial charge in [0.05, 0.1) is 6.61 Å². The Hall–Kier alpha value is -0.810. The van der Waals surface area contributed by atoms with Crippen molar-refractivity contribution in [1.82, 2.24) is 10.4 Å². The lowest BCUT2D eigenvalue weighted by atomic mass is 10.0. The largest absolute Gasteiger partial charge is 0.444 e. The third kappa shape index (κ3) is 6.57. The maximum absolute atomic E-state index is 12.2. The van der Waals surface area contributed by atoms with Crippen LogP contribution < -0.4 is 5.48 Å². The summed E-state index contributed by atoms with van der Waals surface area (Å²) in [6, 6.07) is 0.158. The van der Waals surface area contributed by atoms with Gasteiger partial charge in [0.25, 0.3) is 0 Å². The minimum Gasteiger partial charge on any atom is -0.444 e. The lowest BCUT2D eigenvalue weighted by Gasteiger charge is -2.36. The molecular weight excluding hydrogens is 256 g/mol. The van der Waals surface area contributed by atoms with E-state index in [0.29, 0.717) is 19.1 Å². The fraction of sp³-hybridized carbons (Fsp3) is 0.933. The molecule has 1 N–H and O–H groups in total. The van der Waals surface area contributed by atoms with Gasteiger partial charge in [-0.05, 0) is 46.0 Å². The molecule has 0 aromatic heterocycles. The highest BCUT2D eigenvalue weighted by atomic mass is 16.6. The molecule has 20 heavy (non-hydrogen) atoms. The number of likely N-dealkylation sites (tertiary alicyclic amines) is 1. The minimum atomic E-state index is -0.444. The maximum atomic E-state index is 12.2. The van der Waals surface area contributed by atoms with Gasteiger partial charge in [0.1, 0.15) is 5.60 Å². The average Bonchev–Trinajstić information content (AvgIpc) is 2.32. The normalized spacial score (nSPS) is 20.3. The molecule has 1 amide bonds. The summed E-state index contributed by atoms with van der Waals surface area (Å²) in [5, 5.41) is 0. The van der Waals surface area contributed by atoms with Crippen LogP contribution in [0.15, 0.2) is 0 Å². The zero-order chi connectivity index (χ0) is 15.2. The summed E-state index contributed by atoms with van der Waals surface area (Å²) in [5.41, 5.74) is 2.54. The highest BCUT2D eigenvalue weighted by Crippen LogP contribution is 2.20. The highest BCUT2D eigenvalue weighted by molar-refractivity contribution is 5.68. The molecule has 0 aromatic carbocycles. The smallest absolute Gasteiger partial charge is 0.410 e. The van der Waals surface area contributed by atoms with Gasteiger partial charge >= 0.3 is 6.09 Å². The number of piperidine rings is 1. The molecular formula is C15H30N2O3. The van der Waals surface area contributed by atoms with Crippen LogP contribution in [0.1, 0.15) is 53.9 Å². The highest BCUT2D eigenvalue weighted by Gasteiger charge is 2.30. The zero-order valence-electron chi connectivity index (χ0n) is 13.6. The summed E-state index contributed by atoms with van der Waals surface area (Å²) in [6.07, 6.45) is 2.98. The second-order valence-electron chi connectivity index (χ2n) is 6.88. The standard InChI is InChI=1S/C15H30N2O3/c1-12(2)11-19-16-10-13-8-6-7-9-17(13)14(18)20-15(3,4)5/h12-13,16H,6-11H2,1-5H3. The summed E-state index contributed by atoms with van der Waals surface area (Å²) in [7, 11) is 0. The second-order valence-corrected chi connectivity index (χ2v) is 6.88. The van der Waals surface area contributed by atoms with E-state index in [2.05, 4.69) is 19.3 Å². The number of nitrogens with one attached hydrogen (secondary N) is 1. The lowest BCUT2D eigenvalue weighted by molar-refractivity contribution is -0.0128. The number of carbonyl (C=O) groups excluding carboxylic acids is 1. The van der Waals surface area contributed by atoms with Gasteiger partial charge in [0, 0.05) is 19.1 Å². The molecule has 1 fully saturated rings. The van der Waals surface area contributed by atoms with E-state index in [-0.39, 0.29) is 12.1 Å². The van der Waals surface area contributed by atoms with Crippen LogP contribution in [0.4, 0.5) is 4.79 Å². The van der Waals surface area contributed by atoms with Crippen LogP contribution in [-0.2, 0) is 9.57 Å². The van der Waals surface area contributed by atoms with Crippen molar-refractivity contribution >= 4 is 6.09 Å². The Labute approximate surface area is 122 Å². The molecule has 1 aliphatic rings. The summed E-state index contributed by atoms with van der Waals surface area (Å²) in [6.45, 7) is 12.0. The topological polar surface area (TPSA) is 50.8 Å². The predicted octanol–water partition coefficient (Wildman–Crippen LogP) is 2.95. The molecule has 0 aromatic rings. The molecule has 1 unspecified atom stereocenters. The summed E-state index contributed by atoms with van der Waals surface area (Å²) in [5.74, 6) is 0.496. The van der Waals surface area contributed by atoms with Crippen LogP contribution in [0.5, 0.6) is 0 Å². The van der Waals surface area contributed by atoms with Crippen molar-refractivity contribution in [3.63, 3.8) is 0 Å². The first-order valence-corrected chi connectivity index (χ1v) is 7.64. The summed E-state index contributed by atoms with van der Waals surface area (Å²) >= 11 is 0. The third-order valence-corrected chi connectivity index (χ3v) is 3.09. The van der Waals surface area contributed by atoms with Crippen LogP contribution in [0.3, 0.4) is 0 Å². The van der Waals surface area contributed by atoms with Crippen molar-refractivity contribution < 1.29 is 14.4 Å². The Balaban J connectivity index is 2.43. The minimum absolute atomic E-state index is 0.158. The van der Waals surface area contributed by atoms with Crippen molar-refractivity contribution in [2.75, 3.05) is 19.7 Å². The van der Waals surface area contributed by atoms with Gasteiger partial charge in [0.15, 0.2) is 0 Å². The van der Waals surface area contributed by atoms with Gasteiger partial charge < -0.3 is 14.5 Å². The molecule has 1 aliphatic heterocycles. The molecule has 5 nitrogen and oxygen atoms in total. The molecule has 1 atom stereocenters. The van der Waals surface area contributed by atoms with E-state index >= 15 is 0 Å². The van der Waals surface area contributed by atoms with Crippen LogP contribution in [-0.4, -0.2) is 42.3 Å². The van der Waals surface area contributed by atoms with Gasteiger partial charge in [0.2, 0.25) is 0 Å². The number of nitrogens with zero attached hydrogens (tertiary/aromatic N) is 1. The zero-order valence-corrected chi connectivity index (χ0v) is 13.6. The fourth-order valence-corrected chi connectivity index (χ4v) is 2.15. The average molecular weight is 286 g/mol. The van der Waals surface area contributed by atoms with Crippen molar-refractivity contribution in [2.45, 2.75) is 65.5 Å². The van der Waals surface area contributed by atoms with E-state index in [1.54, 1.807) is 0 Å². The summed E-state index contributed by atoms with van der Waals surface area (Å²) < 4.78 is 5.47. The Morgan fingerprint density at radius 3 is 2.65 bits per heavy atom. The molecule has 1 saturated heterocycles. The van der Waals surface area contributed by atoms with E-state index < -0.39 is 5.60 Å². The first-order valence-electron chi connectivity index (χ1n) is 7.64. The number of hydroxylamine groups is 1. The van der Waals surface area contributed by atoms with Crippen LogP contribution >= 0.6 is 0 Å². The van der Waals surface area contributed by atoms with Crippen LogP contribution in [0, 0.1) is 5.92 Å². The van der Waals surface area contributed by atoms with E-state index in [1.165, 1.54) is 0 Å². The molecule has 0 aliphatic carbocycles. The van der Waals surface area contributed by atoms with Crippen molar-refractivity contribution in [3.8, 4) is 0 Å². The van der Waals surface area contributed by atoms with Gasteiger partial charge in [-0.1, -0.05) is 13.8 Å². The predicted molar refractivity (Wildman–Crippen MR) is 79.4 cm³/mol. The molecule has 0 bridgehead atoms. The molecule has 1 rings (SSSR count). The van der Waals surface area contributed by atoms with Crippen LogP contribution in [0.25, 0.3) is 0 Å². The number of hydrogen-bond acceptors (Lipinski definition) is 4. The Bertz CT molecular complexity index is 300. The molecule has 118 valence electrons. The van der Waals surface area contributed by atoms with Gasteiger partial charge in [-0.15, -0.1) is 0 Å². The van der Waals surface area contributed by atoms with Gasteiger partial charge in [-0.3, -0.25) is 0 Å².